The summed E-state index contributed by atoms with van der Waals surface area (Å²) in [5, 5.41) is 0. The highest BCUT2D eigenvalue weighted by atomic mass is 16.5. The number of benzene rings is 1. The van der Waals surface area contributed by atoms with Crippen LogP contribution in [0.4, 0.5) is 11.8 Å². The van der Waals surface area contributed by atoms with E-state index in [4.69, 9.17) is 16.2 Å². The van der Waals surface area contributed by atoms with Crippen LogP contribution in [-0.2, 0) is 0 Å². The number of pyridine rings is 1. The fourth-order valence-corrected chi connectivity index (χ4v) is 2.49. The first-order valence-corrected chi connectivity index (χ1v) is 7.65. The van der Waals surface area contributed by atoms with Gasteiger partial charge in [-0.05, 0) is 32.0 Å². The highest BCUT2D eigenvalue weighted by Crippen LogP contribution is 2.35. The van der Waals surface area contributed by atoms with Crippen molar-refractivity contribution in [1.29, 1.82) is 0 Å². The summed E-state index contributed by atoms with van der Waals surface area (Å²) < 4.78 is 5.76. The maximum Gasteiger partial charge on any atom is 0.222 e. The van der Waals surface area contributed by atoms with E-state index in [0.29, 0.717) is 17.1 Å². The lowest BCUT2D eigenvalue weighted by molar-refractivity contribution is 0.242. The topological polar surface area (TPSA) is 99.9 Å². The number of hydrogen-bond acceptors (Lipinski definition) is 6. The summed E-state index contributed by atoms with van der Waals surface area (Å²) in [5.74, 6) is 1.21. The molecule has 0 amide bonds. The van der Waals surface area contributed by atoms with Crippen molar-refractivity contribution in [3.05, 3.63) is 48.8 Å². The number of rotatable bonds is 4. The standard InChI is InChI=1S/C18H19N5O/c1-11(2)24-14-7-3-5-12(9-14)16-15(13-6-4-8-21-10-13)17(19)23-18(20)22-16/h3-11H,1-2H3,(H4,19,20,22,23). The molecule has 0 fully saturated rings. The van der Waals surface area contributed by atoms with Crippen LogP contribution in [0.2, 0.25) is 0 Å². The molecule has 1 aromatic carbocycles. The summed E-state index contributed by atoms with van der Waals surface area (Å²) in [6, 6.07) is 11.4. The molecule has 0 unspecified atom stereocenters. The molecule has 0 spiro atoms. The van der Waals surface area contributed by atoms with Gasteiger partial charge in [0.15, 0.2) is 0 Å². The molecule has 0 aliphatic heterocycles. The van der Waals surface area contributed by atoms with Gasteiger partial charge in [-0.3, -0.25) is 4.98 Å². The number of nitrogen functional groups attached to an aromatic ring is 2. The summed E-state index contributed by atoms with van der Waals surface area (Å²) in [5.41, 5.74) is 15.0. The molecule has 2 heterocycles. The van der Waals surface area contributed by atoms with E-state index in [2.05, 4.69) is 15.0 Å². The van der Waals surface area contributed by atoms with Crippen molar-refractivity contribution in [2.45, 2.75) is 20.0 Å². The molecule has 0 atom stereocenters. The predicted molar refractivity (Wildman–Crippen MR) is 95.3 cm³/mol. The Morgan fingerprint density at radius 1 is 1.00 bits per heavy atom. The summed E-state index contributed by atoms with van der Waals surface area (Å²) in [6.45, 7) is 3.96. The predicted octanol–water partition coefficient (Wildman–Crippen LogP) is 3.16. The largest absolute Gasteiger partial charge is 0.491 e. The molecule has 6 heteroatoms. The number of hydrogen-bond donors (Lipinski definition) is 2. The maximum absolute atomic E-state index is 6.12. The zero-order chi connectivity index (χ0) is 17.1. The van der Waals surface area contributed by atoms with Gasteiger partial charge in [-0.15, -0.1) is 0 Å². The van der Waals surface area contributed by atoms with Crippen LogP contribution in [-0.4, -0.2) is 21.1 Å². The summed E-state index contributed by atoms with van der Waals surface area (Å²) >= 11 is 0. The highest BCUT2D eigenvalue weighted by Gasteiger charge is 2.16. The molecule has 0 bridgehead atoms. The van der Waals surface area contributed by atoms with Crippen LogP contribution >= 0.6 is 0 Å². The van der Waals surface area contributed by atoms with Crippen molar-refractivity contribution < 1.29 is 4.74 Å². The van der Waals surface area contributed by atoms with E-state index in [1.807, 2.05) is 50.2 Å². The van der Waals surface area contributed by atoms with Crippen LogP contribution in [0.25, 0.3) is 22.4 Å². The van der Waals surface area contributed by atoms with E-state index in [1.165, 1.54) is 0 Å². The third-order valence-corrected chi connectivity index (χ3v) is 3.38. The van der Waals surface area contributed by atoms with Crippen molar-refractivity contribution >= 4 is 11.8 Å². The molecule has 0 saturated carbocycles. The lowest BCUT2D eigenvalue weighted by Gasteiger charge is -2.14. The van der Waals surface area contributed by atoms with Gasteiger partial charge in [0.1, 0.15) is 11.6 Å². The lowest BCUT2D eigenvalue weighted by atomic mass is 10.0. The number of aromatic nitrogens is 3. The van der Waals surface area contributed by atoms with Crippen LogP contribution in [0.5, 0.6) is 5.75 Å². The molecule has 6 nitrogen and oxygen atoms in total. The number of nitrogens with two attached hydrogens (primary N) is 2. The zero-order valence-electron chi connectivity index (χ0n) is 13.6. The van der Waals surface area contributed by atoms with E-state index in [0.717, 1.165) is 16.9 Å². The molecule has 122 valence electrons. The first-order valence-electron chi connectivity index (χ1n) is 7.65. The SMILES string of the molecule is CC(C)Oc1cccc(-c2nc(N)nc(N)c2-c2cccnc2)c1. The van der Waals surface area contributed by atoms with E-state index in [-0.39, 0.29) is 12.1 Å². The van der Waals surface area contributed by atoms with Crippen LogP contribution in [0.3, 0.4) is 0 Å². The Labute approximate surface area is 140 Å². The number of anilines is 2. The van der Waals surface area contributed by atoms with Gasteiger partial charge in [0.2, 0.25) is 5.95 Å². The molecule has 3 aromatic rings. The average molecular weight is 321 g/mol. The third kappa shape index (κ3) is 3.27. The molecule has 0 aliphatic carbocycles. The smallest absolute Gasteiger partial charge is 0.222 e. The van der Waals surface area contributed by atoms with Gasteiger partial charge in [-0.1, -0.05) is 18.2 Å². The van der Waals surface area contributed by atoms with Crippen LogP contribution in [0.15, 0.2) is 48.8 Å². The Kier molecular flexibility index (Phi) is 4.29. The van der Waals surface area contributed by atoms with E-state index >= 15 is 0 Å². The van der Waals surface area contributed by atoms with Gasteiger partial charge in [0, 0.05) is 23.5 Å². The van der Waals surface area contributed by atoms with Crippen molar-refractivity contribution in [2.75, 3.05) is 11.5 Å². The van der Waals surface area contributed by atoms with E-state index in [1.54, 1.807) is 12.4 Å². The Morgan fingerprint density at radius 3 is 2.50 bits per heavy atom. The Balaban J connectivity index is 2.17. The maximum atomic E-state index is 6.12. The first-order chi connectivity index (χ1) is 11.5. The van der Waals surface area contributed by atoms with Gasteiger partial charge < -0.3 is 16.2 Å². The van der Waals surface area contributed by atoms with Crippen molar-refractivity contribution in [3.8, 4) is 28.1 Å². The molecular weight excluding hydrogens is 302 g/mol. The number of nitrogens with zero attached hydrogens (tertiary/aromatic N) is 3. The summed E-state index contributed by atoms with van der Waals surface area (Å²) in [4.78, 5) is 12.6. The molecule has 2 aromatic heterocycles. The second kappa shape index (κ2) is 6.54. The van der Waals surface area contributed by atoms with Gasteiger partial charge in [0.05, 0.1) is 17.4 Å². The quantitative estimate of drug-likeness (QED) is 0.765. The Hall–Kier alpha value is -3.15. The van der Waals surface area contributed by atoms with Crippen LogP contribution in [0, 0.1) is 0 Å². The first kappa shape index (κ1) is 15.7. The Bertz CT molecular complexity index is 849. The zero-order valence-corrected chi connectivity index (χ0v) is 13.6. The normalized spacial score (nSPS) is 10.8. The molecule has 3 rings (SSSR count). The van der Waals surface area contributed by atoms with Gasteiger partial charge in [-0.2, -0.15) is 4.98 Å². The molecular formula is C18H19N5O. The fourth-order valence-electron chi connectivity index (χ4n) is 2.49. The second-order valence-corrected chi connectivity index (χ2v) is 5.63. The van der Waals surface area contributed by atoms with Crippen LogP contribution in [0.1, 0.15) is 13.8 Å². The minimum Gasteiger partial charge on any atom is -0.491 e. The second-order valence-electron chi connectivity index (χ2n) is 5.63. The minimum absolute atomic E-state index is 0.0820. The molecule has 0 aliphatic rings. The third-order valence-electron chi connectivity index (χ3n) is 3.38. The molecule has 0 radical (unpaired) electrons. The highest BCUT2D eigenvalue weighted by molar-refractivity contribution is 5.88. The molecule has 24 heavy (non-hydrogen) atoms. The number of ether oxygens (including phenoxy) is 1. The Morgan fingerprint density at radius 2 is 1.79 bits per heavy atom. The lowest BCUT2D eigenvalue weighted by Crippen LogP contribution is -2.06. The van der Waals surface area contributed by atoms with Crippen molar-refractivity contribution in [3.63, 3.8) is 0 Å². The minimum atomic E-state index is 0.0820. The fraction of sp³-hybridized carbons (Fsp3) is 0.167. The van der Waals surface area contributed by atoms with Gasteiger partial charge in [-0.25, -0.2) is 4.98 Å². The van der Waals surface area contributed by atoms with Gasteiger partial charge >= 0.3 is 0 Å². The average Bonchev–Trinajstić information content (AvgIpc) is 2.54. The molecule has 4 N–H and O–H groups in total. The van der Waals surface area contributed by atoms with E-state index < -0.39 is 0 Å². The van der Waals surface area contributed by atoms with E-state index in [9.17, 15) is 0 Å². The van der Waals surface area contributed by atoms with Crippen LogP contribution < -0.4 is 16.2 Å². The van der Waals surface area contributed by atoms with Crippen molar-refractivity contribution in [2.24, 2.45) is 0 Å². The van der Waals surface area contributed by atoms with Gasteiger partial charge in [0.25, 0.3) is 0 Å². The van der Waals surface area contributed by atoms with Crippen molar-refractivity contribution in [1.82, 2.24) is 15.0 Å². The summed E-state index contributed by atoms with van der Waals surface area (Å²) in [7, 11) is 0. The monoisotopic (exact) mass is 321 g/mol. The molecule has 0 saturated heterocycles. The summed E-state index contributed by atoms with van der Waals surface area (Å²) in [6.07, 6.45) is 3.51.